The van der Waals surface area contributed by atoms with E-state index in [1.165, 1.54) is 6.21 Å². The molecular formula is C9H16N4O4. The second-order valence-electron chi connectivity index (χ2n) is 2.68. The van der Waals surface area contributed by atoms with E-state index in [0.29, 0.717) is 5.71 Å². The smallest absolute Gasteiger partial charge is 0.427 e. The summed E-state index contributed by atoms with van der Waals surface area (Å²) in [5, 5.41) is 7.18. The lowest BCUT2D eigenvalue weighted by Crippen LogP contribution is -2.21. The van der Waals surface area contributed by atoms with Crippen LogP contribution in [0.2, 0.25) is 0 Å². The molecule has 0 aliphatic heterocycles. The number of hydrogen-bond acceptors (Lipinski definition) is 6. The molecule has 0 bridgehead atoms. The summed E-state index contributed by atoms with van der Waals surface area (Å²) in [5.41, 5.74) is 4.63. The van der Waals surface area contributed by atoms with E-state index in [0.717, 1.165) is 0 Å². The van der Waals surface area contributed by atoms with Gasteiger partial charge >= 0.3 is 12.2 Å². The number of hydrazone groups is 2. The first-order chi connectivity index (χ1) is 8.10. The number of nitrogens with one attached hydrogen (secondary N) is 2. The molecule has 0 aromatic heterocycles. The third-order valence-electron chi connectivity index (χ3n) is 1.28. The molecule has 0 fully saturated rings. The lowest BCUT2D eigenvalue weighted by atomic mass is 10.5. The number of nitrogens with zero attached hydrogens (tertiary/aromatic N) is 2. The number of ether oxygens (including phenoxy) is 2. The first kappa shape index (κ1) is 14.9. The summed E-state index contributed by atoms with van der Waals surface area (Å²) in [5.74, 6) is 0. The summed E-state index contributed by atoms with van der Waals surface area (Å²) in [4.78, 5) is 21.6. The van der Waals surface area contributed by atoms with Gasteiger partial charge in [-0.15, -0.1) is 0 Å². The second kappa shape index (κ2) is 9.13. The zero-order valence-corrected chi connectivity index (χ0v) is 10.0. The fourth-order valence-corrected chi connectivity index (χ4v) is 0.668. The van der Waals surface area contributed by atoms with Crippen molar-refractivity contribution in [3.05, 3.63) is 0 Å². The minimum absolute atomic E-state index is 0.263. The Labute approximate surface area is 99.0 Å². The SMILES string of the molecule is CCOC(=O)N/N=C(C)\C=N\NC(=O)OCC. The molecule has 0 aliphatic carbocycles. The molecule has 8 heteroatoms. The van der Waals surface area contributed by atoms with Crippen LogP contribution >= 0.6 is 0 Å². The van der Waals surface area contributed by atoms with Crippen LogP contribution in [0.4, 0.5) is 9.59 Å². The molecule has 96 valence electrons. The van der Waals surface area contributed by atoms with Crippen molar-refractivity contribution >= 4 is 24.1 Å². The largest absolute Gasteiger partial charge is 0.449 e. The van der Waals surface area contributed by atoms with Gasteiger partial charge in [-0.25, -0.2) is 20.4 Å². The first-order valence-corrected chi connectivity index (χ1v) is 5.03. The zero-order valence-electron chi connectivity index (χ0n) is 10.0. The average molecular weight is 244 g/mol. The van der Waals surface area contributed by atoms with Crippen molar-refractivity contribution in [1.82, 2.24) is 10.9 Å². The van der Waals surface area contributed by atoms with E-state index >= 15 is 0 Å². The fraction of sp³-hybridized carbons (Fsp3) is 0.556. The van der Waals surface area contributed by atoms with Gasteiger partial charge in [0.15, 0.2) is 0 Å². The highest BCUT2D eigenvalue weighted by atomic mass is 16.6. The van der Waals surface area contributed by atoms with E-state index in [1.807, 2.05) is 0 Å². The summed E-state index contributed by atoms with van der Waals surface area (Å²) in [6.45, 7) is 5.47. The van der Waals surface area contributed by atoms with E-state index in [4.69, 9.17) is 0 Å². The van der Waals surface area contributed by atoms with Crippen molar-refractivity contribution in [3.63, 3.8) is 0 Å². The highest BCUT2D eigenvalue weighted by Gasteiger charge is 1.97. The maximum Gasteiger partial charge on any atom is 0.427 e. The topological polar surface area (TPSA) is 101 Å². The fourth-order valence-electron chi connectivity index (χ4n) is 0.668. The van der Waals surface area contributed by atoms with Crippen molar-refractivity contribution in [1.29, 1.82) is 0 Å². The van der Waals surface area contributed by atoms with Crippen molar-refractivity contribution < 1.29 is 19.1 Å². The summed E-state index contributed by atoms with van der Waals surface area (Å²) >= 11 is 0. The Bertz CT molecular complexity index is 314. The Kier molecular flexibility index (Phi) is 7.99. The van der Waals surface area contributed by atoms with Crippen molar-refractivity contribution in [2.24, 2.45) is 10.2 Å². The van der Waals surface area contributed by atoms with Crippen LogP contribution in [-0.4, -0.2) is 37.3 Å². The predicted molar refractivity (Wildman–Crippen MR) is 61.9 cm³/mol. The van der Waals surface area contributed by atoms with E-state index < -0.39 is 12.2 Å². The van der Waals surface area contributed by atoms with Gasteiger partial charge in [0, 0.05) is 0 Å². The molecule has 17 heavy (non-hydrogen) atoms. The highest BCUT2D eigenvalue weighted by molar-refractivity contribution is 6.29. The van der Waals surface area contributed by atoms with E-state index in [-0.39, 0.29) is 13.2 Å². The first-order valence-electron chi connectivity index (χ1n) is 5.03. The molecule has 0 saturated carbocycles. The molecule has 0 aromatic rings. The Hall–Kier alpha value is -2.12. The lowest BCUT2D eigenvalue weighted by molar-refractivity contribution is 0.151. The molecular weight excluding hydrogens is 228 g/mol. The molecule has 8 nitrogen and oxygen atoms in total. The number of hydrogen-bond donors (Lipinski definition) is 2. The quantitative estimate of drug-likeness (QED) is 0.552. The maximum atomic E-state index is 10.8. The summed E-state index contributed by atoms with van der Waals surface area (Å²) in [7, 11) is 0. The van der Waals surface area contributed by atoms with Crippen molar-refractivity contribution in [2.45, 2.75) is 20.8 Å². The molecule has 2 amide bonds. The molecule has 0 rings (SSSR count). The summed E-state index contributed by atoms with van der Waals surface area (Å²) in [6.07, 6.45) is -0.0584. The normalized spacial score (nSPS) is 11.1. The Morgan fingerprint density at radius 3 is 2.18 bits per heavy atom. The molecule has 0 spiro atoms. The highest BCUT2D eigenvalue weighted by Crippen LogP contribution is 1.78. The molecule has 0 atom stereocenters. The number of carbonyl (C=O) groups excluding carboxylic acids is 2. The van der Waals surface area contributed by atoms with Crippen LogP contribution < -0.4 is 10.9 Å². The van der Waals surface area contributed by atoms with Crippen LogP contribution in [0.5, 0.6) is 0 Å². The monoisotopic (exact) mass is 244 g/mol. The third kappa shape index (κ3) is 8.85. The predicted octanol–water partition coefficient (Wildman–Crippen LogP) is 0.840. The zero-order chi connectivity index (χ0) is 13.1. The lowest BCUT2D eigenvalue weighted by Gasteiger charge is -2.00. The van der Waals surface area contributed by atoms with Crippen LogP contribution in [0.15, 0.2) is 10.2 Å². The second-order valence-corrected chi connectivity index (χ2v) is 2.68. The van der Waals surface area contributed by atoms with Crippen LogP contribution in [0.1, 0.15) is 20.8 Å². The Morgan fingerprint density at radius 2 is 1.65 bits per heavy atom. The molecule has 0 unspecified atom stereocenters. The van der Waals surface area contributed by atoms with Gasteiger partial charge in [-0.2, -0.15) is 10.2 Å². The van der Waals surface area contributed by atoms with Crippen LogP contribution in [0.25, 0.3) is 0 Å². The summed E-state index contributed by atoms with van der Waals surface area (Å²) in [6, 6.07) is 0. The molecule has 0 saturated heterocycles. The van der Waals surface area contributed by atoms with E-state index in [9.17, 15) is 9.59 Å². The molecule has 2 N–H and O–H groups in total. The van der Waals surface area contributed by atoms with Gasteiger partial charge in [0.2, 0.25) is 0 Å². The minimum Gasteiger partial charge on any atom is -0.449 e. The number of amides is 2. The molecule has 0 radical (unpaired) electrons. The maximum absolute atomic E-state index is 10.8. The van der Waals surface area contributed by atoms with Gasteiger partial charge < -0.3 is 9.47 Å². The van der Waals surface area contributed by atoms with Gasteiger partial charge in [-0.3, -0.25) is 0 Å². The van der Waals surface area contributed by atoms with Crippen LogP contribution in [-0.2, 0) is 9.47 Å². The van der Waals surface area contributed by atoms with Crippen LogP contribution in [0.3, 0.4) is 0 Å². The van der Waals surface area contributed by atoms with Gasteiger partial charge in [0.25, 0.3) is 0 Å². The Balaban J connectivity index is 3.94. The van der Waals surface area contributed by atoms with Gasteiger partial charge in [0.1, 0.15) is 0 Å². The number of carbonyl (C=O) groups is 2. The summed E-state index contributed by atoms with van der Waals surface area (Å²) < 4.78 is 9.14. The van der Waals surface area contributed by atoms with Crippen LogP contribution in [0, 0.1) is 0 Å². The van der Waals surface area contributed by atoms with Crippen molar-refractivity contribution in [3.8, 4) is 0 Å². The van der Waals surface area contributed by atoms with Gasteiger partial charge in [-0.1, -0.05) is 0 Å². The van der Waals surface area contributed by atoms with E-state index in [1.54, 1.807) is 20.8 Å². The molecule has 0 aliphatic rings. The average Bonchev–Trinajstić information content (AvgIpc) is 2.27. The van der Waals surface area contributed by atoms with Crippen molar-refractivity contribution in [2.75, 3.05) is 13.2 Å². The minimum atomic E-state index is -0.657. The molecule has 0 heterocycles. The molecule has 0 aromatic carbocycles. The third-order valence-corrected chi connectivity index (χ3v) is 1.28. The number of rotatable bonds is 5. The Morgan fingerprint density at radius 1 is 1.12 bits per heavy atom. The standard InChI is InChI=1S/C9H16N4O4/c1-4-16-8(14)12-10-6-7(3)11-13-9(15)17-5-2/h6H,4-5H2,1-3H3,(H,12,14)(H,13,15)/b10-6+,11-7-. The van der Waals surface area contributed by atoms with E-state index in [2.05, 4.69) is 30.5 Å². The van der Waals surface area contributed by atoms with Gasteiger partial charge in [0.05, 0.1) is 25.1 Å². The van der Waals surface area contributed by atoms with Gasteiger partial charge in [-0.05, 0) is 20.8 Å².